The molecule has 4 rings (SSSR count). The van der Waals surface area contributed by atoms with Gasteiger partial charge in [-0.05, 0) is 53.3 Å². The molecule has 0 saturated heterocycles. The van der Waals surface area contributed by atoms with Crippen LogP contribution in [0.5, 0.6) is 0 Å². The minimum Gasteiger partial charge on any atom is -0.294 e. The molecule has 0 bridgehead atoms. The number of benzene rings is 3. The molecule has 0 aromatic heterocycles. The van der Waals surface area contributed by atoms with Gasteiger partial charge in [-0.15, -0.1) is 0 Å². The van der Waals surface area contributed by atoms with Crippen molar-refractivity contribution in [1.29, 1.82) is 0 Å². The van der Waals surface area contributed by atoms with Gasteiger partial charge in [0.15, 0.2) is 11.6 Å². The molecule has 33 heavy (non-hydrogen) atoms. The van der Waals surface area contributed by atoms with Crippen LogP contribution in [0.2, 0.25) is 0 Å². The van der Waals surface area contributed by atoms with E-state index in [2.05, 4.69) is 45.0 Å². The predicted octanol–water partition coefficient (Wildman–Crippen LogP) is 8.08. The number of fused-ring (bicyclic) bond motifs is 3. The van der Waals surface area contributed by atoms with Crippen molar-refractivity contribution in [3.05, 3.63) is 94.0 Å². The largest absolute Gasteiger partial charge is 0.294 e. The normalized spacial score (nSPS) is 13.5. The number of carbonyl (C=O) groups is 2. The van der Waals surface area contributed by atoms with E-state index >= 15 is 0 Å². The van der Waals surface area contributed by atoms with Crippen LogP contribution in [0, 0.1) is 6.92 Å². The summed E-state index contributed by atoms with van der Waals surface area (Å²) in [7, 11) is 0. The topological polar surface area (TPSA) is 34.1 Å². The number of rotatable bonds is 9. The second kappa shape index (κ2) is 9.47. The number of Topliss-reactive ketones (excluding diaryl/α,β-unsaturated/α-hetero) is 1. The Morgan fingerprint density at radius 2 is 1.36 bits per heavy atom. The number of hydrogen-bond donors (Lipinski definition) is 0. The predicted molar refractivity (Wildman–Crippen MR) is 136 cm³/mol. The monoisotopic (exact) mass is 438 g/mol. The summed E-state index contributed by atoms with van der Waals surface area (Å²) in [6, 6.07) is 20.0. The molecule has 3 aromatic carbocycles. The third-order valence-corrected chi connectivity index (χ3v) is 7.16. The van der Waals surface area contributed by atoms with Crippen LogP contribution in [0.15, 0.2) is 60.7 Å². The highest BCUT2D eigenvalue weighted by Gasteiger charge is 2.36. The van der Waals surface area contributed by atoms with Crippen LogP contribution in [0.1, 0.15) is 102 Å². The van der Waals surface area contributed by atoms with Crippen molar-refractivity contribution in [1.82, 2.24) is 0 Å². The van der Waals surface area contributed by atoms with E-state index in [0.717, 1.165) is 40.7 Å². The van der Waals surface area contributed by atoms with Crippen LogP contribution in [-0.2, 0) is 5.41 Å². The molecule has 0 radical (unpaired) electrons. The number of hydrogen-bond acceptors (Lipinski definition) is 2. The van der Waals surface area contributed by atoms with E-state index in [1.54, 1.807) is 0 Å². The Labute approximate surface area is 198 Å². The highest BCUT2D eigenvalue weighted by molar-refractivity contribution is 6.10. The zero-order chi connectivity index (χ0) is 23.6. The smallest absolute Gasteiger partial charge is 0.193 e. The standard InChI is InChI=1S/C31H34O2/c1-5-6-7-8-9-14-29(32)22-15-17-25-26-18-16-23(20-28(26)31(3,4)27(25)19-22)30(33)24-13-11-10-12-21(24)2/h10-13,15-20H,5-9,14H2,1-4H3. The van der Waals surface area contributed by atoms with E-state index in [1.807, 2.05) is 43.3 Å². The van der Waals surface area contributed by atoms with Crippen molar-refractivity contribution in [2.75, 3.05) is 0 Å². The number of carbonyl (C=O) groups excluding carboxylic acids is 2. The zero-order valence-corrected chi connectivity index (χ0v) is 20.3. The molecule has 2 heteroatoms. The Bertz CT molecular complexity index is 1200. The highest BCUT2D eigenvalue weighted by atomic mass is 16.1. The Morgan fingerprint density at radius 3 is 2.03 bits per heavy atom. The van der Waals surface area contributed by atoms with E-state index in [4.69, 9.17) is 0 Å². The molecule has 0 amide bonds. The van der Waals surface area contributed by atoms with E-state index in [-0.39, 0.29) is 17.0 Å². The molecule has 0 unspecified atom stereocenters. The van der Waals surface area contributed by atoms with Crippen molar-refractivity contribution in [3.63, 3.8) is 0 Å². The Balaban J connectivity index is 1.60. The summed E-state index contributed by atoms with van der Waals surface area (Å²) in [6.07, 6.45) is 6.37. The summed E-state index contributed by atoms with van der Waals surface area (Å²) in [4.78, 5) is 26.1. The molecule has 3 aromatic rings. The minimum atomic E-state index is -0.260. The minimum absolute atomic E-state index is 0.0570. The lowest BCUT2D eigenvalue weighted by Crippen LogP contribution is -2.16. The molecule has 0 atom stereocenters. The van der Waals surface area contributed by atoms with Gasteiger partial charge < -0.3 is 0 Å². The maximum Gasteiger partial charge on any atom is 0.193 e. The van der Waals surface area contributed by atoms with Crippen LogP contribution in [0.4, 0.5) is 0 Å². The Morgan fingerprint density at radius 1 is 0.758 bits per heavy atom. The number of ketones is 2. The van der Waals surface area contributed by atoms with Crippen LogP contribution in [-0.4, -0.2) is 11.6 Å². The lowest BCUT2D eigenvalue weighted by molar-refractivity contribution is 0.0978. The third kappa shape index (κ3) is 4.44. The fraction of sp³-hybridized carbons (Fsp3) is 0.355. The molecule has 0 fully saturated rings. The lowest BCUT2D eigenvalue weighted by atomic mass is 9.81. The first-order valence-electron chi connectivity index (χ1n) is 12.3. The molecule has 1 aliphatic rings. The molecule has 0 N–H and O–H groups in total. The average Bonchev–Trinajstić information content (AvgIpc) is 3.04. The molecule has 0 heterocycles. The number of aryl methyl sites for hydroxylation is 1. The van der Waals surface area contributed by atoms with Crippen LogP contribution >= 0.6 is 0 Å². The van der Waals surface area contributed by atoms with Crippen molar-refractivity contribution in [3.8, 4) is 11.1 Å². The van der Waals surface area contributed by atoms with Crippen molar-refractivity contribution in [2.24, 2.45) is 0 Å². The molecule has 0 spiro atoms. The second-order valence-electron chi connectivity index (χ2n) is 9.88. The van der Waals surface area contributed by atoms with Gasteiger partial charge in [0.1, 0.15) is 0 Å². The molecule has 170 valence electrons. The van der Waals surface area contributed by atoms with Crippen molar-refractivity contribution >= 4 is 11.6 Å². The van der Waals surface area contributed by atoms with Crippen molar-refractivity contribution in [2.45, 2.75) is 71.6 Å². The maximum absolute atomic E-state index is 13.2. The zero-order valence-electron chi connectivity index (χ0n) is 20.3. The summed E-state index contributed by atoms with van der Waals surface area (Å²) in [5.41, 5.74) is 7.66. The molecule has 1 aliphatic carbocycles. The van der Waals surface area contributed by atoms with E-state index < -0.39 is 0 Å². The van der Waals surface area contributed by atoms with E-state index in [0.29, 0.717) is 12.0 Å². The van der Waals surface area contributed by atoms with Crippen LogP contribution in [0.3, 0.4) is 0 Å². The van der Waals surface area contributed by atoms with E-state index in [9.17, 15) is 9.59 Å². The summed E-state index contributed by atoms with van der Waals surface area (Å²) in [5.74, 6) is 0.290. The first kappa shape index (κ1) is 23.2. The SMILES string of the molecule is CCCCCCCC(=O)c1ccc2c(c1)C(C)(C)c1cc(C(=O)c3ccccc3C)ccc1-2. The molecule has 0 aliphatic heterocycles. The fourth-order valence-electron chi connectivity index (χ4n) is 5.07. The molecular formula is C31H34O2. The summed E-state index contributed by atoms with van der Waals surface area (Å²) >= 11 is 0. The van der Waals surface area contributed by atoms with Crippen LogP contribution < -0.4 is 0 Å². The van der Waals surface area contributed by atoms with Gasteiger partial charge in [-0.2, -0.15) is 0 Å². The quantitative estimate of drug-likeness (QED) is 0.250. The Hall–Kier alpha value is -3.00. The first-order chi connectivity index (χ1) is 15.8. The van der Waals surface area contributed by atoms with Gasteiger partial charge in [-0.3, -0.25) is 9.59 Å². The van der Waals surface area contributed by atoms with Crippen LogP contribution in [0.25, 0.3) is 11.1 Å². The first-order valence-corrected chi connectivity index (χ1v) is 12.3. The maximum atomic E-state index is 13.2. The third-order valence-electron chi connectivity index (χ3n) is 7.16. The summed E-state index contributed by atoms with van der Waals surface area (Å²) in [6.45, 7) is 8.57. The average molecular weight is 439 g/mol. The van der Waals surface area contributed by atoms with Gasteiger partial charge in [-0.25, -0.2) is 0 Å². The van der Waals surface area contributed by atoms with E-state index in [1.165, 1.54) is 30.4 Å². The van der Waals surface area contributed by atoms with Gasteiger partial charge in [0.05, 0.1) is 0 Å². The lowest BCUT2D eigenvalue weighted by Gasteiger charge is -2.22. The summed E-state index contributed by atoms with van der Waals surface area (Å²) in [5, 5.41) is 0. The Kier molecular flexibility index (Phi) is 6.65. The van der Waals surface area contributed by atoms with Gasteiger partial charge >= 0.3 is 0 Å². The fourth-order valence-corrected chi connectivity index (χ4v) is 5.07. The molecule has 0 saturated carbocycles. The van der Waals surface area contributed by atoms with Gasteiger partial charge in [0, 0.05) is 28.5 Å². The van der Waals surface area contributed by atoms with Crippen molar-refractivity contribution < 1.29 is 9.59 Å². The number of unbranched alkanes of at least 4 members (excludes halogenated alkanes) is 4. The van der Waals surface area contributed by atoms with Gasteiger partial charge in [0.25, 0.3) is 0 Å². The molecule has 2 nitrogen and oxygen atoms in total. The van der Waals surface area contributed by atoms with Gasteiger partial charge in [0.2, 0.25) is 0 Å². The highest BCUT2D eigenvalue weighted by Crippen LogP contribution is 2.49. The molecular weight excluding hydrogens is 404 g/mol. The van der Waals surface area contributed by atoms with Gasteiger partial charge in [-0.1, -0.05) is 95.0 Å². The summed E-state index contributed by atoms with van der Waals surface area (Å²) < 4.78 is 0. The second-order valence-corrected chi connectivity index (χ2v) is 9.88.